The summed E-state index contributed by atoms with van der Waals surface area (Å²) in [4.78, 5) is 26.2. The van der Waals surface area contributed by atoms with Gasteiger partial charge in [0.1, 0.15) is 30.5 Å². The molecule has 1 aliphatic heterocycles. The van der Waals surface area contributed by atoms with Gasteiger partial charge in [0.05, 0.1) is 18.2 Å². The molecule has 12 nitrogen and oxygen atoms in total. The Bertz CT molecular complexity index is 949. The van der Waals surface area contributed by atoms with Gasteiger partial charge in [-0.15, -0.1) is 0 Å². The second-order valence-corrected chi connectivity index (χ2v) is 9.43. The number of anilines is 1. The number of aliphatic hydroxyl groups excluding tert-OH is 2. The highest BCUT2D eigenvalue weighted by Crippen LogP contribution is 2.36. The minimum Gasteiger partial charge on any atom is -0.387 e. The molecule has 4 atom stereocenters. The van der Waals surface area contributed by atoms with Crippen LogP contribution in [0.2, 0.25) is 5.28 Å². The molecule has 0 bridgehead atoms. The molecule has 0 amide bonds. The van der Waals surface area contributed by atoms with Gasteiger partial charge >= 0.3 is 7.60 Å². The zero-order valence-corrected chi connectivity index (χ0v) is 17.5. The molecule has 2 aliphatic rings. The lowest BCUT2D eigenvalue weighted by Crippen LogP contribution is -2.34. The molecule has 166 valence electrons. The summed E-state index contributed by atoms with van der Waals surface area (Å²) in [5.41, 5.74) is 0.323. The predicted molar refractivity (Wildman–Crippen MR) is 105 cm³/mol. The minimum absolute atomic E-state index is 0.000639. The number of halogens is 1. The molecule has 14 heteroatoms. The molecule has 4 rings (SSSR count). The van der Waals surface area contributed by atoms with E-state index in [1.54, 1.807) is 0 Å². The zero-order chi connectivity index (χ0) is 21.5. The molecular formula is C16H23ClN5O7P. The summed E-state index contributed by atoms with van der Waals surface area (Å²) in [7, 11) is -4.36. The lowest BCUT2D eigenvalue weighted by Gasteiger charge is -2.17. The van der Waals surface area contributed by atoms with Crippen LogP contribution in [0.1, 0.15) is 31.9 Å². The van der Waals surface area contributed by atoms with Crippen molar-refractivity contribution in [3.05, 3.63) is 11.5 Å². The van der Waals surface area contributed by atoms with E-state index >= 15 is 0 Å². The fraction of sp³-hybridized carbons (Fsp3) is 0.688. The maximum absolute atomic E-state index is 10.9. The zero-order valence-electron chi connectivity index (χ0n) is 15.8. The van der Waals surface area contributed by atoms with E-state index in [1.807, 2.05) is 0 Å². The van der Waals surface area contributed by atoms with E-state index < -0.39 is 38.5 Å². The number of aromatic nitrogens is 4. The third kappa shape index (κ3) is 4.61. The second-order valence-electron chi connectivity index (χ2n) is 7.50. The summed E-state index contributed by atoms with van der Waals surface area (Å²) in [6.07, 6.45) is 0.253. The number of aliphatic hydroxyl groups is 2. The molecule has 1 saturated carbocycles. The molecular weight excluding hydrogens is 441 g/mol. The van der Waals surface area contributed by atoms with Crippen molar-refractivity contribution >= 4 is 36.0 Å². The highest BCUT2D eigenvalue weighted by molar-refractivity contribution is 7.51. The van der Waals surface area contributed by atoms with Crippen LogP contribution in [0.15, 0.2) is 6.20 Å². The molecule has 3 heterocycles. The van der Waals surface area contributed by atoms with Crippen molar-refractivity contribution in [1.29, 1.82) is 0 Å². The van der Waals surface area contributed by atoms with Gasteiger partial charge in [0.15, 0.2) is 11.9 Å². The Morgan fingerprint density at radius 2 is 2.00 bits per heavy atom. The fourth-order valence-corrected chi connectivity index (χ4v) is 4.32. The van der Waals surface area contributed by atoms with Crippen molar-refractivity contribution in [2.24, 2.45) is 0 Å². The minimum atomic E-state index is -4.36. The first kappa shape index (κ1) is 21.8. The smallest absolute Gasteiger partial charge is 0.350 e. The van der Waals surface area contributed by atoms with E-state index in [9.17, 15) is 14.8 Å². The molecule has 1 saturated heterocycles. The van der Waals surface area contributed by atoms with Gasteiger partial charge in [0, 0.05) is 6.04 Å². The van der Waals surface area contributed by atoms with Gasteiger partial charge < -0.3 is 34.8 Å². The lowest BCUT2D eigenvalue weighted by atomic mass is 10.1. The van der Waals surface area contributed by atoms with Crippen molar-refractivity contribution < 1.29 is 34.0 Å². The van der Waals surface area contributed by atoms with Crippen molar-refractivity contribution in [3.8, 4) is 0 Å². The number of hydrogen-bond acceptors (Lipinski definition) is 9. The van der Waals surface area contributed by atoms with E-state index in [0.717, 1.165) is 25.7 Å². The van der Waals surface area contributed by atoms with Crippen LogP contribution in [0.5, 0.6) is 0 Å². The van der Waals surface area contributed by atoms with Crippen molar-refractivity contribution in [2.45, 2.75) is 56.3 Å². The SMILES string of the molecule is O=P(O)(O)COC[C@H]1O[C@@H](n2ncc3c(NC4CCCC4)nc(Cl)nc32)[C@H](O)[C@@H]1O. The van der Waals surface area contributed by atoms with Crippen molar-refractivity contribution in [3.63, 3.8) is 0 Å². The first-order valence-corrected chi connectivity index (χ1v) is 11.7. The van der Waals surface area contributed by atoms with E-state index in [2.05, 4.69) is 20.4 Å². The topological polar surface area (TPSA) is 172 Å². The number of nitrogens with one attached hydrogen (secondary N) is 1. The summed E-state index contributed by atoms with van der Waals surface area (Å²) in [6, 6.07) is 0.285. The average Bonchev–Trinajstić information content (AvgIpc) is 3.37. The third-order valence-electron chi connectivity index (χ3n) is 5.24. The lowest BCUT2D eigenvalue weighted by molar-refractivity contribution is -0.0658. The highest BCUT2D eigenvalue weighted by Gasteiger charge is 2.45. The molecule has 30 heavy (non-hydrogen) atoms. The van der Waals surface area contributed by atoms with Crippen LogP contribution >= 0.6 is 19.2 Å². The Morgan fingerprint density at radius 1 is 1.27 bits per heavy atom. The summed E-state index contributed by atoms with van der Waals surface area (Å²) >= 11 is 6.10. The number of fused-ring (bicyclic) bond motifs is 1. The standard InChI is InChI=1S/C16H23ClN5O7P/c17-16-20-13(19-8-3-1-2-4-8)9-5-18-22(14(9)21-16)15-12(24)11(23)10(29-15)6-28-7-30(25,26)27/h5,8,10-12,15,23-24H,1-4,6-7H2,(H,19,20,21)(H2,25,26,27)/t10-,11-,12-,15-/m1/s1. The molecule has 2 aromatic rings. The summed E-state index contributed by atoms with van der Waals surface area (Å²) in [5, 5.41) is 28.9. The largest absolute Gasteiger partial charge is 0.387 e. The Hall–Kier alpha value is -1.37. The summed E-state index contributed by atoms with van der Waals surface area (Å²) in [5.74, 6) is 0.540. The third-order valence-corrected chi connectivity index (χ3v) is 5.93. The normalized spacial score (nSPS) is 27.9. The van der Waals surface area contributed by atoms with Gasteiger partial charge in [-0.3, -0.25) is 4.57 Å². The molecule has 0 aromatic carbocycles. The van der Waals surface area contributed by atoms with Crippen LogP contribution in [-0.4, -0.2) is 77.1 Å². The Morgan fingerprint density at radius 3 is 2.70 bits per heavy atom. The highest BCUT2D eigenvalue weighted by atomic mass is 35.5. The summed E-state index contributed by atoms with van der Waals surface area (Å²) in [6.45, 7) is -0.316. The van der Waals surface area contributed by atoms with Crippen LogP contribution in [0.4, 0.5) is 5.82 Å². The molecule has 5 N–H and O–H groups in total. The maximum Gasteiger partial charge on any atom is 0.350 e. The number of rotatable bonds is 7. The second kappa shape index (κ2) is 8.64. The molecule has 0 radical (unpaired) electrons. The van der Waals surface area contributed by atoms with Gasteiger partial charge in [-0.05, 0) is 24.4 Å². The van der Waals surface area contributed by atoms with Gasteiger partial charge in [-0.25, -0.2) is 4.68 Å². The van der Waals surface area contributed by atoms with Crippen LogP contribution in [0.25, 0.3) is 11.0 Å². The number of nitrogens with zero attached hydrogens (tertiary/aromatic N) is 4. The van der Waals surface area contributed by atoms with Gasteiger partial charge in [-0.1, -0.05) is 12.8 Å². The number of hydrogen-bond donors (Lipinski definition) is 5. The van der Waals surface area contributed by atoms with E-state index in [0.29, 0.717) is 16.9 Å². The van der Waals surface area contributed by atoms with Crippen LogP contribution in [0.3, 0.4) is 0 Å². The van der Waals surface area contributed by atoms with E-state index in [1.165, 1.54) is 10.9 Å². The quantitative estimate of drug-likeness (QED) is 0.287. The van der Waals surface area contributed by atoms with Crippen LogP contribution in [-0.2, 0) is 14.0 Å². The van der Waals surface area contributed by atoms with Crippen LogP contribution in [0, 0.1) is 0 Å². The maximum atomic E-state index is 10.9. The average molecular weight is 464 g/mol. The van der Waals surface area contributed by atoms with Crippen molar-refractivity contribution in [1.82, 2.24) is 19.7 Å². The van der Waals surface area contributed by atoms with E-state index in [-0.39, 0.29) is 17.9 Å². The number of ether oxygens (including phenoxy) is 2. The first-order valence-electron chi connectivity index (χ1n) is 9.54. The Kier molecular flexibility index (Phi) is 6.29. The monoisotopic (exact) mass is 463 g/mol. The summed E-state index contributed by atoms with van der Waals surface area (Å²) < 4.78 is 22.8. The van der Waals surface area contributed by atoms with Crippen LogP contribution < -0.4 is 5.32 Å². The van der Waals surface area contributed by atoms with Gasteiger partial charge in [-0.2, -0.15) is 15.1 Å². The first-order chi connectivity index (χ1) is 14.2. The van der Waals surface area contributed by atoms with Gasteiger partial charge in [0.25, 0.3) is 0 Å². The Balaban J connectivity index is 1.55. The molecule has 0 unspecified atom stereocenters. The fourth-order valence-electron chi connectivity index (χ4n) is 3.82. The Labute approximate surface area is 176 Å². The molecule has 2 aromatic heterocycles. The predicted octanol–water partition coefficient (Wildman–Crippen LogP) is 0.605. The molecule has 1 aliphatic carbocycles. The molecule has 0 spiro atoms. The van der Waals surface area contributed by atoms with E-state index in [4.69, 9.17) is 30.9 Å². The molecule has 2 fully saturated rings. The van der Waals surface area contributed by atoms with Crippen molar-refractivity contribution in [2.75, 3.05) is 18.3 Å². The van der Waals surface area contributed by atoms with Gasteiger partial charge in [0.2, 0.25) is 5.28 Å².